The molecule has 2 aromatic heterocycles. The number of hydrogen-bond acceptors (Lipinski definition) is 0. The first-order valence-electron chi connectivity index (χ1n) is 18.3. The highest BCUT2D eigenvalue weighted by molar-refractivity contribution is 6.12. The van der Waals surface area contributed by atoms with Crippen LogP contribution in [0.1, 0.15) is 5.56 Å². The summed E-state index contributed by atoms with van der Waals surface area (Å²) in [6, 6.07) is 68.7. The molecule has 2 nitrogen and oxygen atoms in total. The zero-order valence-electron chi connectivity index (χ0n) is 29.3. The van der Waals surface area contributed by atoms with Gasteiger partial charge >= 0.3 is 0 Å². The summed E-state index contributed by atoms with van der Waals surface area (Å²) in [5.41, 5.74) is 15.6. The van der Waals surface area contributed by atoms with Gasteiger partial charge in [-0.05, 0) is 112 Å². The summed E-state index contributed by atoms with van der Waals surface area (Å²) in [6.45, 7) is 3.92. The molecule has 2 heterocycles. The van der Waals surface area contributed by atoms with Crippen molar-refractivity contribution in [2.24, 2.45) is 0 Å². The molecule has 0 fully saturated rings. The first-order valence-corrected chi connectivity index (χ1v) is 18.3. The third kappa shape index (κ3) is 5.27. The highest BCUT2D eigenvalue weighted by atomic mass is 15.0. The third-order valence-corrected chi connectivity index (χ3v) is 10.6. The number of para-hydroxylation sites is 3. The van der Waals surface area contributed by atoms with Crippen molar-refractivity contribution in [3.63, 3.8) is 0 Å². The topological polar surface area (TPSA) is 9.86 Å². The van der Waals surface area contributed by atoms with Gasteiger partial charge in [-0.25, -0.2) is 0 Å². The van der Waals surface area contributed by atoms with E-state index in [4.69, 9.17) is 0 Å². The van der Waals surface area contributed by atoms with Crippen molar-refractivity contribution in [1.29, 1.82) is 0 Å². The highest BCUT2D eigenvalue weighted by Crippen LogP contribution is 2.39. The molecular weight excluding hydrogens is 641 g/mol. The van der Waals surface area contributed by atoms with E-state index >= 15 is 0 Å². The van der Waals surface area contributed by atoms with Gasteiger partial charge in [0.2, 0.25) is 0 Å². The molecule has 53 heavy (non-hydrogen) atoms. The normalized spacial score (nSPS) is 11.5. The van der Waals surface area contributed by atoms with Gasteiger partial charge in [-0.3, -0.25) is 0 Å². The Morgan fingerprint density at radius 3 is 1.36 bits per heavy atom. The average Bonchev–Trinajstić information content (AvgIpc) is 3.74. The van der Waals surface area contributed by atoms with Crippen molar-refractivity contribution in [3.8, 4) is 44.8 Å². The van der Waals surface area contributed by atoms with Crippen LogP contribution in [0, 0.1) is 0 Å². The number of hydrogen-bond donors (Lipinski definition) is 0. The maximum absolute atomic E-state index is 3.92. The molecule has 0 unspecified atom stereocenters. The van der Waals surface area contributed by atoms with Gasteiger partial charge in [0.25, 0.3) is 0 Å². The van der Waals surface area contributed by atoms with Crippen LogP contribution in [0.2, 0.25) is 0 Å². The summed E-state index contributed by atoms with van der Waals surface area (Å²) >= 11 is 0. The fourth-order valence-corrected chi connectivity index (χ4v) is 8.14. The molecule has 10 rings (SSSR count). The van der Waals surface area contributed by atoms with E-state index < -0.39 is 0 Å². The van der Waals surface area contributed by atoms with Crippen molar-refractivity contribution in [3.05, 3.63) is 206 Å². The minimum atomic E-state index is 0.865. The Labute approximate surface area is 309 Å². The Hall–Kier alpha value is -6.90. The molecule has 0 aliphatic heterocycles. The van der Waals surface area contributed by atoms with Gasteiger partial charge in [0.15, 0.2) is 0 Å². The van der Waals surface area contributed by atoms with E-state index in [2.05, 4.69) is 204 Å². The van der Waals surface area contributed by atoms with Crippen LogP contribution in [0.25, 0.3) is 88.4 Å². The number of allylic oxidation sites excluding steroid dienone is 1. The third-order valence-electron chi connectivity index (χ3n) is 10.6. The molecule has 2 heteroatoms. The number of benzene rings is 8. The largest absolute Gasteiger partial charge is 0.309 e. The summed E-state index contributed by atoms with van der Waals surface area (Å²) in [6.07, 6.45) is 2.82. The molecule has 0 radical (unpaired) electrons. The SMILES string of the molecule is C=CCc1ccc(-c2cc(-c3ccccc3)cc(-n3c4ccccc4c4cc(-c5ccc6c(c5)c5ccccc5n6-c5ccccc5)ccc43)c2)cc1. The maximum atomic E-state index is 3.92. The highest BCUT2D eigenvalue weighted by Gasteiger charge is 2.17. The molecule has 250 valence electrons. The second kappa shape index (κ2) is 12.7. The first-order chi connectivity index (χ1) is 26.2. The van der Waals surface area contributed by atoms with Gasteiger partial charge in [-0.1, -0.05) is 127 Å². The van der Waals surface area contributed by atoms with Crippen molar-refractivity contribution in [2.45, 2.75) is 6.42 Å². The van der Waals surface area contributed by atoms with Gasteiger partial charge in [0.1, 0.15) is 0 Å². The van der Waals surface area contributed by atoms with Crippen molar-refractivity contribution < 1.29 is 0 Å². The monoisotopic (exact) mass is 676 g/mol. The lowest BCUT2D eigenvalue weighted by atomic mass is 9.97. The Bertz CT molecular complexity index is 2960. The number of rotatable bonds is 7. The van der Waals surface area contributed by atoms with Crippen LogP contribution in [-0.2, 0) is 6.42 Å². The fraction of sp³-hybridized carbons (Fsp3) is 0.0196. The van der Waals surface area contributed by atoms with Gasteiger partial charge in [0, 0.05) is 32.9 Å². The van der Waals surface area contributed by atoms with Crippen LogP contribution in [0.5, 0.6) is 0 Å². The predicted molar refractivity (Wildman–Crippen MR) is 225 cm³/mol. The lowest BCUT2D eigenvalue weighted by Gasteiger charge is -2.14. The molecule has 0 saturated carbocycles. The number of fused-ring (bicyclic) bond motifs is 6. The Morgan fingerprint density at radius 1 is 0.340 bits per heavy atom. The molecule has 0 saturated heterocycles. The number of nitrogens with zero attached hydrogens (tertiary/aromatic N) is 2. The van der Waals surface area contributed by atoms with Gasteiger partial charge < -0.3 is 9.13 Å². The zero-order valence-corrected chi connectivity index (χ0v) is 29.3. The Kier molecular flexibility index (Phi) is 7.40. The first kappa shape index (κ1) is 30.9. The minimum absolute atomic E-state index is 0.865. The van der Waals surface area contributed by atoms with Crippen LogP contribution in [0.4, 0.5) is 0 Å². The fourth-order valence-electron chi connectivity index (χ4n) is 8.14. The van der Waals surface area contributed by atoms with Crippen molar-refractivity contribution in [1.82, 2.24) is 9.13 Å². The Balaban J connectivity index is 1.15. The summed E-state index contributed by atoms with van der Waals surface area (Å²) < 4.78 is 4.81. The summed E-state index contributed by atoms with van der Waals surface area (Å²) in [5, 5.41) is 5.00. The van der Waals surface area contributed by atoms with Gasteiger partial charge in [0.05, 0.1) is 22.1 Å². The molecule has 0 bridgehead atoms. The van der Waals surface area contributed by atoms with Crippen molar-refractivity contribution >= 4 is 43.6 Å². The molecule has 8 aromatic carbocycles. The molecular formula is C51H36N2. The standard InChI is InChI=1S/C51H36N2/c1-2-13-35-22-24-37(25-23-35)41-30-40(36-14-5-3-6-15-36)31-43(32-41)53-49-21-12-10-19-45(49)47-34-39(27-29-51(47)53)38-26-28-50-46(33-38)44-18-9-11-20-48(44)52(50)42-16-7-4-8-17-42/h2-12,14-34H,1,13H2. The summed E-state index contributed by atoms with van der Waals surface area (Å²) in [5.74, 6) is 0. The van der Waals surface area contributed by atoms with Crippen molar-refractivity contribution in [2.75, 3.05) is 0 Å². The Morgan fingerprint density at radius 2 is 0.792 bits per heavy atom. The molecule has 0 atom stereocenters. The molecule has 0 amide bonds. The molecule has 10 aromatic rings. The molecule has 0 aliphatic rings. The molecule has 0 N–H and O–H groups in total. The quantitative estimate of drug-likeness (QED) is 0.149. The minimum Gasteiger partial charge on any atom is -0.309 e. The van der Waals surface area contributed by atoms with E-state index in [0.717, 1.165) is 12.1 Å². The predicted octanol–water partition coefficient (Wildman–Crippen LogP) is 13.6. The van der Waals surface area contributed by atoms with E-state index in [0.29, 0.717) is 0 Å². The second-order valence-corrected chi connectivity index (χ2v) is 13.8. The zero-order chi connectivity index (χ0) is 35.3. The number of aromatic nitrogens is 2. The average molecular weight is 677 g/mol. The summed E-state index contributed by atoms with van der Waals surface area (Å²) in [4.78, 5) is 0. The van der Waals surface area contributed by atoms with E-state index in [9.17, 15) is 0 Å². The van der Waals surface area contributed by atoms with Crippen LogP contribution in [-0.4, -0.2) is 9.13 Å². The van der Waals surface area contributed by atoms with E-state index in [1.807, 2.05) is 6.08 Å². The molecule has 0 spiro atoms. The van der Waals surface area contributed by atoms with Gasteiger partial charge in [-0.15, -0.1) is 6.58 Å². The van der Waals surface area contributed by atoms with Crippen LogP contribution >= 0.6 is 0 Å². The van der Waals surface area contributed by atoms with Crippen LogP contribution < -0.4 is 0 Å². The van der Waals surface area contributed by atoms with Crippen LogP contribution in [0.15, 0.2) is 201 Å². The smallest absolute Gasteiger partial charge is 0.0541 e. The summed E-state index contributed by atoms with van der Waals surface area (Å²) in [7, 11) is 0. The van der Waals surface area contributed by atoms with Crippen LogP contribution in [0.3, 0.4) is 0 Å². The lowest BCUT2D eigenvalue weighted by molar-refractivity contribution is 1.18. The van der Waals surface area contributed by atoms with E-state index in [-0.39, 0.29) is 0 Å². The second-order valence-electron chi connectivity index (χ2n) is 13.8. The lowest BCUT2D eigenvalue weighted by Crippen LogP contribution is -1.96. The maximum Gasteiger partial charge on any atom is 0.0541 e. The molecule has 0 aliphatic carbocycles. The van der Waals surface area contributed by atoms with E-state index in [1.54, 1.807) is 0 Å². The van der Waals surface area contributed by atoms with E-state index in [1.165, 1.54) is 88.2 Å². The van der Waals surface area contributed by atoms with Gasteiger partial charge in [-0.2, -0.15) is 0 Å².